The van der Waals surface area contributed by atoms with E-state index in [4.69, 9.17) is 0 Å². The van der Waals surface area contributed by atoms with Crippen LogP contribution in [0.3, 0.4) is 0 Å². The standard InChI is InChI=1S/C16H24BrN3O/c1-11(2)19-16(21)10-20(3)15-7-4-13(17)8-12(15)9-18-14-5-6-14/h4,7-8,11,14,18H,5-6,9-10H2,1-3H3,(H,19,21). The van der Waals surface area contributed by atoms with Gasteiger partial charge in [0, 0.05) is 35.8 Å². The molecule has 4 nitrogen and oxygen atoms in total. The lowest BCUT2D eigenvalue weighted by Crippen LogP contribution is -2.39. The Bertz CT molecular complexity index is 500. The molecular weight excluding hydrogens is 330 g/mol. The molecule has 1 amide bonds. The zero-order valence-electron chi connectivity index (χ0n) is 12.9. The van der Waals surface area contributed by atoms with Crippen LogP contribution in [-0.4, -0.2) is 31.6 Å². The van der Waals surface area contributed by atoms with E-state index in [1.165, 1.54) is 18.4 Å². The Morgan fingerprint density at radius 3 is 2.76 bits per heavy atom. The van der Waals surface area contributed by atoms with Crippen LogP contribution in [0.15, 0.2) is 22.7 Å². The third-order valence-corrected chi connectivity index (χ3v) is 3.94. The van der Waals surface area contributed by atoms with Crippen LogP contribution in [0.25, 0.3) is 0 Å². The van der Waals surface area contributed by atoms with Crippen LogP contribution in [0.5, 0.6) is 0 Å². The van der Waals surface area contributed by atoms with Gasteiger partial charge in [-0.05, 0) is 50.5 Å². The van der Waals surface area contributed by atoms with E-state index in [-0.39, 0.29) is 11.9 Å². The highest BCUT2D eigenvalue weighted by atomic mass is 79.9. The molecule has 1 fully saturated rings. The summed E-state index contributed by atoms with van der Waals surface area (Å²) >= 11 is 3.53. The van der Waals surface area contributed by atoms with Crippen LogP contribution >= 0.6 is 15.9 Å². The maximum Gasteiger partial charge on any atom is 0.239 e. The third kappa shape index (κ3) is 5.32. The summed E-state index contributed by atoms with van der Waals surface area (Å²) in [6.07, 6.45) is 2.55. The van der Waals surface area contributed by atoms with E-state index < -0.39 is 0 Å². The predicted octanol–water partition coefficient (Wildman–Crippen LogP) is 2.66. The molecule has 0 bridgehead atoms. The van der Waals surface area contributed by atoms with Crippen molar-refractivity contribution in [1.29, 1.82) is 0 Å². The molecule has 21 heavy (non-hydrogen) atoms. The van der Waals surface area contributed by atoms with Crippen molar-refractivity contribution in [3.63, 3.8) is 0 Å². The Morgan fingerprint density at radius 1 is 1.43 bits per heavy atom. The Hall–Kier alpha value is -1.07. The van der Waals surface area contributed by atoms with Gasteiger partial charge in [-0.15, -0.1) is 0 Å². The number of carbonyl (C=O) groups is 1. The first-order chi connectivity index (χ1) is 9.95. The molecule has 2 N–H and O–H groups in total. The molecule has 1 aliphatic rings. The van der Waals surface area contributed by atoms with E-state index in [1.807, 2.05) is 31.9 Å². The zero-order valence-corrected chi connectivity index (χ0v) is 14.5. The van der Waals surface area contributed by atoms with Gasteiger partial charge in [0.05, 0.1) is 6.54 Å². The van der Waals surface area contributed by atoms with E-state index in [0.29, 0.717) is 12.6 Å². The summed E-state index contributed by atoms with van der Waals surface area (Å²) in [7, 11) is 1.96. The number of halogens is 1. The maximum absolute atomic E-state index is 11.9. The first-order valence-electron chi connectivity index (χ1n) is 7.48. The quantitative estimate of drug-likeness (QED) is 0.791. The van der Waals surface area contributed by atoms with Crippen molar-refractivity contribution in [2.45, 2.75) is 45.3 Å². The Labute approximate surface area is 135 Å². The summed E-state index contributed by atoms with van der Waals surface area (Å²) in [6, 6.07) is 7.06. The number of hydrogen-bond acceptors (Lipinski definition) is 3. The number of carbonyl (C=O) groups excluding carboxylic acids is 1. The van der Waals surface area contributed by atoms with Crippen molar-refractivity contribution >= 4 is 27.5 Å². The van der Waals surface area contributed by atoms with Crippen molar-refractivity contribution in [3.8, 4) is 0 Å². The largest absolute Gasteiger partial charge is 0.365 e. The number of amides is 1. The number of benzene rings is 1. The van der Waals surface area contributed by atoms with Gasteiger partial charge in [0.1, 0.15) is 0 Å². The van der Waals surface area contributed by atoms with Crippen LogP contribution in [0.1, 0.15) is 32.3 Å². The van der Waals surface area contributed by atoms with Crippen molar-refractivity contribution in [3.05, 3.63) is 28.2 Å². The summed E-state index contributed by atoms with van der Waals surface area (Å²) in [5.41, 5.74) is 2.32. The second-order valence-electron chi connectivity index (χ2n) is 6.01. The zero-order chi connectivity index (χ0) is 15.4. The van der Waals surface area contributed by atoms with Gasteiger partial charge >= 0.3 is 0 Å². The fourth-order valence-electron chi connectivity index (χ4n) is 2.28. The minimum Gasteiger partial charge on any atom is -0.365 e. The first-order valence-corrected chi connectivity index (χ1v) is 8.27. The number of rotatable bonds is 7. The molecule has 0 aromatic heterocycles. The van der Waals surface area contributed by atoms with Crippen molar-refractivity contribution in [2.24, 2.45) is 0 Å². The predicted molar refractivity (Wildman–Crippen MR) is 90.6 cm³/mol. The smallest absolute Gasteiger partial charge is 0.239 e. The average molecular weight is 354 g/mol. The van der Waals surface area contributed by atoms with E-state index in [9.17, 15) is 4.79 Å². The molecule has 1 aromatic rings. The fraction of sp³-hybridized carbons (Fsp3) is 0.562. The van der Waals surface area contributed by atoms with Gasteiger partial charge in [-0.1, -0.05) is 15.9 Å². The van der Waals surface area contributed by atoms with E-state index in [1.54, 1.807) is 0 Å². The Balaban J connectivity index is 2.03. The lowest BCUT2D eigenvalue weighted by atomic mass is 10.1. The van der Waals surface area contributed by atoms with Gasteiger partial charge in [0.15, 0.2) is 0 Å². The Kier molecular flexibility index (Phi) is 5.65. The van der Waals surface area contributed by atoms with E-state index in [2.05, 4.69) is 38.7 Å². The van der Waals surface area contributed by atoms with Gasteiger partial charge in [-0.3, -0.25) is 4.79 Å². The monoisotopic (exact) mass is 353 g/mol. The summed E-state index contributed by atoms with van der Waals surface area (Å²) in [5.74, 6) is 0.0523. The topological polar surface area (TPSA) is 44.4 Å². The van der Waals surface area contributed by atoms with Gasteiger partial charge in [-0.25, -0.2) is 0 Å². The highest BCUT2D eigenvalue weighted by Gasteiger charge is 2.21. The fourth-order valence-corrected chi connectivity index (χ4v) is 2.69. The minimum absolute atomic E-state index is 0.0523. The van der Waals surface area contributed by atoms with Crippen molar-refractivity contribution in [2.75, 3.05) is 18.5 Å². The van der Waals surface area contributed by atoms with Gasteiger partial charge in [-0.2, -0.15) is 0 Å². The molecule has 0 aliphatic heterocycles. The molecule has 0 saturated heterocycles. The number of anilines is 1. The van der Waals surface area contributed by atoms with Crippen LogP contribution < -0.4 is 15.5 Å². The molecule has 1 saturated carbocycles. The second-order valence-corrected chi connectivity index (χ2v) is 6.92. The van der Waals surface area contributed by atoms with Crippen LogP contribution in [-0.2, 0) is 11.3 Å². The summed E-state index contributed by atoms with van der Waals surface area (Å²) in [5, 5.41) is 6.46. The van der Waals surface area contributed by atoms with Gasteiger partial charge < -0.3 is 15.5 Å². The summed E-state index contributed by atoms with van der Waals surface area (Å²) in [4.78, 5) is 13.9. The van der Waals surface area contributed by atoms with E-state index in [0.717, 1.165) is 16.7 Å². The molecule has 1 aliphatic carbocycles. The summed E-state index contributed by atoms with van der Waals surface area (Å²) in [6.45, 7) is 5.16. The molecule has 0 unspecified atom stereocenters. The number of nitrogens with zero attached hydrogens (tertiary/aromatic N) is 1. The third-order valence-electron chi connectivity index (χ3n) is 3.44. The van der Waals surface area contributed by atoms with Gasteiger partial charge in [0.2, 0.25) is 5.91 Å². The average Bonchev–Trinajstić information content (AvgIpc) is 3.19. The lowest BCUT2D eigenvalue weighted by molar-refractivity contribution is -0.120. The lowest BCUT2D eigenvalue weighted by Gasteiger charge is -2.23. The summed E-state index contributed by atoms with van der Waals surface area (Å²) < 4.78 is 1.07. The number of hydrogen-bond donors (Lipinski definition) is 2. The van der Waals surface area contributed by atoms with Crippen LogP contribution in [0, 0.1) is 0 Å². The molecule has 0 atom stereocenters. The number of nitrogens with one attached hydrogen (secondary N) is 2. The molecule has 116 valence electrons. The van der Waals surface area contributed by atoms with Crippen molar-refractivity contribution in [1.82, 2.24) is 10.6 Å². The molecule has 2 rings (SSSR count). The molecule has 0 spiro atoms. The molecule has 5 heteroatoms. The van der Waals surface area contributed by atoms with Gasteiger partial charge in [0.25, 0.3) is 0 Å². The Morgan fingerprint density at radius 2 is 2.14 bits per heavy atom. The molecule has 0 radical (unpaired) electrons. The maximum atomic E-state index is 11.9. The minimum atomic E-state index is 0.0523. The van der Waals surface area contributed by atoms with Crippen LogP contribution in [0.2, 0.25) is 0 Å². The normalized spacial score (nSPS) is 14.3. The SMILES string of the molecule is CC(C)NC(=O)CN(C)c1ccc(Br)cc1CNC1CC1. The molecule has 1 aromatic carbocycles. The highest BCUT2D eigenvalue weighted by Crippen LogP contribution is 2.26. The molecule has 0 heterocycles. The second kappa shape index (κ2) is 7.27. The van der Waals surface area contributed by atoms with Crippen LogP contribution in [0.4, 0.5) is 5.69 Å². The first kappa shape index (κ1) is 16.3. The highest BCUT2D eigenvalue weighted by molar-refractivity contribution is 9.10. The van der Waals surface area contributed by atoms with E-state index >= 15 is 0 Å². The van der Waals surface area contributed by atoms with Crippen molar-refractivity contribution < 1.29 is 4.79 Å². The molecular formula is C16H24BrN3O. The number of likely N-dealkylation sites (N-methyl/N-ethyl adjacent to an activating group) is 1.